The van der Waals surface area contributed by atoms with E-state index in [-0.39, 0.29) is 22.9 Å². The first-order chi connectivity index (χ1) is 14.8. The second-order valence-electron chi connectivity index (χ2n) is 10.6. The average molecular weight is 485 g/mol. The topological polar surface area (TPSA) is 59.8 Å². The standard InChI is InChI=1S/C25H33BrN4O/c1-4-16(2)20-5-7-21(8-6-20)17(3)28-22(31)24-10-18-9-19(11-24)13-25(12-18,14-24)30-15-27-23(26)29-30/h5-8,15-19H,4,9-14H2,1-3H3,(H,28,31)/t16-,17+,18-,19+,24?,25?/m1/s1. The van der Waals surface area contributed by atoms with Crippen LogP contribution in [0.15, 0.2) is 35.3 Å². The number of halogens is 1. The van der Waals surface area contributed by atoms with E-state index in [0.717, 1.165) is 38.5 Å². The molecule has 6 atom stereocenters. The van der Waals surface area contributed by atoms with Gasteiger partial charge in [0.2, 0.25) is 10.6 Å². The van der Waals surface area contributed by atoms with Crippen LogP contribution in [0.1, 0.15) is 88.8 Å². The van der Waals surface area contributed by atoms with Crippen molar-refractivity contribution >= 4 is 21.8 Å². The Kier molecular flexibility index (Phi) is 5.27. The first kappa shape index (κ1) is 21.2. The molecule has 0 spiro atoms. The summed E-state index contributed by atoms with van der Waals surface area (Å²) in [6.45, 7) is 6.59. The van der Waals surface area contributed by atoms with Crippen LogP contribution < -0.4 is 5.32 Å². The highest BCUT2D eigenvalue weighted by molar-refractivity contribution is 9.10. The fourth-order valence-electron chi connectivity index (χ4n) is 7.00. The smallest absolute Gasteiger partial charge is 0.226 e. The molecule has 0 aliphatic heterocycles. The van der Waals surface area contributed by atoms with Crippen molar-refractivity contribution in [1.82, 2.24) is 20.1 Å². The first-order valence-corrected chi connectivity index (χ1v) is 12.6. The molecule has 2 unspecified atom stereocenters. The molecule has 4 saturated carbocycles. The Morgan fingerprint density at radius 3 is 2.39 bits per heavy atom. The van der Waals surface area contributed by atoms with Gasteiger partial charge in [0.15, 0.2) is 0 Å². The molecule has 2 aromatic rings. The van der Waals surface area contributed by atoms with Crippen LogP contribution in [0.2, 0.25) is 0 Å². The molecular formula is C25H33BrN4O. The molecule has 4 bridgehead atoms. The highest BCUT2D eigenvalue weighted by atomic mass is 79.9. The maximum absolute atomic E-state index is 13.7. The Morgan fingerprint density at radius 1 is 1.16 bits per heavy atom. The van der Waals surface area contributed by atoms with Crippen LogP contribution in [-0.2, 0) is 10.3 Å². The molecule has 5 nitrogen and oxygen atoms in total. The number of hydrogen-bond donors (Lipinski definition) is 1. The van der Waals surface area contributed by atoms with Gasteiger partial charge >= 0.3 is 0 Å². The summed E-state index contributed by atoms with van der Waals surface area (Å²) in [5.41, 5.74) is 2.22. The van der Waals surface area contributed by atoms with Crippen molar-refractivity contribution in [2.45, 2.75) is 83.2 Å². The van der Waals surface area contributed by atoms with Gasteiger partial charge < -0.3 is 5.32 Å². The molecule has 1 aromatic heterocycles. The quantitative estimate of drug-likeness (QED) is 0.569. The molecule has 4 aliphatic rings. The van der Waals surface area contributed by atoms with Gasteiger partial charge in [-0.15, -0.1) is 5.10 Å². The number of hydrogen-bond acceptors (Lipinski definition) is 3. The predicted octanol–water partition coefficient (Wildman–Crippen LogP) is 5.73. The van der Waals surface area contributed by atoms with E-state index in [0.29, 0.717) is 22.5 Å². The Labute approximate surface area is 193 Å². The van der Waals surface area contributed by atoms with Crippen LogP contribution >= 0.6 is 15.9 Å². The molecule has 6 heteroatoms. The van der Waals surface area contributed by atoms with Crippen molar-refractivity contribution in [1.29, 1.82) is 0 Å². The van der Waals surface area contributed by atoms with Crippen molar-refractivity contribution in [3.05, 3.63) is 46.5 Å². The second-order valence-corrected chi connectivity index (χ2v) is 11.3. The average Bonchev–Trinajstić information content (AvgIpc) is 3.19. The second kappa shape index (κ2) is 7.72. The van der Waals surface area contributed by atoms with Gasteiger partial charge in [-0.25, -0.2) is 9.67 Å². The van der Waals surface area contributed by atoms with E-state index >= 15 is 0 Å². The monoisotopic (exact) mass is 484 g/mol. The van der Waals surface area contributed by atoms with Crippen LogP contribution in [0.5, 0.6) is 0 Å². The van der Waals surface area contributed by atoms with Gasteiger partial charge in [-0.05, 0) is 96.7 Å². The molecule has 1 N–H and O–H groups in total. The van der Waals surface area contributed by atoms with E-state index in [4.69, 9.17) is 0 Å². The molecule has 166 valence electrons. The lowest BCUT2D eigenvalue weighted by molar-refractivity contribution is -0.156. The third-order valence-electron chi connectivity index (χ3n) is 8.43. The number of amides is 1. The maximum Gasteiger partial charge on any atom is 0.226 e. The number of nitrogens with zero attached hydrogens (tertiary/aromatic N) is 3. The minimum absolute atomic E-state index is 0.0166. The summed E-state index contributed by atoms with van der Waals surface area (Å²) in [5.74, 6) is 2.03. The highest BCUT2D eigenvalue weighted by Gasteiger charge is 2.61. The lowest BCUT2D eigenvalue weighted by atomic mass is 9.46. The zero-order valence-corrected chi connectivity index (χ0v) is 20.4. The minimum Gasteiger partial charge on any atom is -0.349 e. The van der Waals surface area contributed by atoms with E-state index in [1.54, 1.807) is 0 Å². The number of benzene rings is 1. The third-order valence-corrected chi connectivity index (χ3v) is 8.79. The number of carbonyl (C=O) groups excluding carboxylic acids is 1. The first-order valence-electron chi connectivity index (χ1n) is 11.8. The largest absolute Gasteiger partial charge is 0.349 e. The summed E-state index contributed by atoms with van der Waals surface area (Å²) in [4.78, 5) is 18.0. The van der Waals surface area contributed by atoms with Crippen molar-refractivity contribution < 1.29 is 4.79 Å². The molecule has 1 amide bonds. The van der Waals surface area contributed by atoms with Gasteiger partial charge in [0.05, 0.1) is 17.0 Å². The molecular weight excluding hydrogens is 452 g/mol. The molecule has 6 rings (SSSR count). The highest BCUT2D eigenvalue weighted by Crippen LogP contribution is 2.64. The maximum atomic E-state index is 13.7. The zero-order chi connectivity index (χ0) is 21.8. The van der Waals surface area contributed by atoms with E-state index in [1.165, 1.54) is 17.5 Å². The SMILES string of the molecule is CC[C@@H](C)c1ccc([C@H](C)NC(=O)C23C[C@H]4C[C@@H](C2)CC(n2cnc(Br)n2)(C4)C3)cc1. The summed E-state index contributed by atoms with van der Waals surface area (Å²) in [6.07, 6.45) is 9.43. The fourth-order valence-corrected chi connectivity index (χ4v) is 7.26. The van der Waals surface area contributed by atoms with Crippen molar-refractivity contribution in [2.75, 3.05) is 0 Å². The van der Waals surface area contributed by atoms with Crippen LogP contribution in [0.4, 0.5) is 0 Å². The molecule has 31 heavy (non-hydrogen) atoms. The van der Waals surface area contributed by atoms with E-state index < -0.39 is 0 Å². The van der Waals surface area contributed by atoms with E-state index in [2.05, 4.69) is 81.0 Å². The molecule has 4 fully saturated rings. The van der Waals surface area contributed by atoms with Gasteiger partial charge in [-0.2, -0.15) is 0 Å². The molecule has 1 aromatic carbocycles. The number of nitrogens with one attached hydrogen (secondary N) is 1. The number of rotatable bonds is 6. The summed E-state index contributed by atoms with van der Waals surface area (Å²) >= 11 is 3.41. The molecule has 1 heterocycles. The Morgan fingerprint density at radius 2 is 1.81 bits per heavy atom. The van der Waals surface area contributed by atoms with Gasteiger partial charge in [0.1, 0.15) is 6.33 Å². The van der Waals surface area contributed by atoms with Gasteiger partial charge in [0, 0.05) is 0 Å². The molecule has 4 aliphatic carbocycles. The third kappa shape index (κ3) is 3.65. The number of carbonyl (C=O) groups is 1. The Hall–Kier alpha value is -1.69. The summed E-state index contributed by atoms with van der Waals surface area (Å²) in [5, 5.41) is 8.02. The van der Waals surface area contributed by atoms with Crippen molar-refractivity contribution in [3.63, 3.8) is 0 Å². The van der Waals surface area contributed by atoms with Crippen LogP contribution in [0.3, 0.4) is 0 Å². The van der Waals surface area contributed by atoms with Gasteiger partial charge in [-0.3, -0.25) is 4.79 Å². The molecule has 0 saturated heterocycles. The Bertz CT molecular complexity index is 954. The van der Waals surface area contributed by atoms with Crippen LogP contribution in [0.25, 0.3) is 0 Å². The Balaban J connectivity index is 1.35. The van der Waals surface area contributed by atoms with Crippen LogP contribution in [-0.4, -0.2) is 20.7 Å². The van der Waals surface area contributed by atoms with E-state index in [1.807, 2.05) is 6.33 Å². The lowest BCUT2D eigenvalue weighted by Gasteiger charge is -2.61. The zero-order valence-electron chi connectivity index (χ0n) is 18.8. The summed E-state index contributed by atoms with van der Waals surface area (Å²) < 4.78 is 2.70. The van der Waals surface area contributed by atoms with Gasteiger partial charge in [-0.1, -0.05) is 38.1 Å². The summed E-state index contributed by atoms with van der Waals surface area (Å²) in [7, 11) is 0. The van der Waals surface area contributed by atoms with Gasteiger partial charge in [0.25, 0.3) is 0 Å². The van der Waals surface area contributed by atoms with Crippen molar-refractivity contribution in [2.24, 2.45) is 17.3 Å². The normalized spacial score (nSPS) is 33.3. The predicted molar refractivity (Wildman–Crippen MR) is 125 cm³/mol. The lowest BCUT2D eigenvalue weighted by Crippen LogP contribution is -2.61. The number of aromatic nitrogens is 3. The molecule has 0 radical (unpaired) electrons. The summed E-state index contributed by atoms with van der Waals surface area (Å²) in [6, 6.07) is 8.81. The fraction of sp³-hybridized carbons (Fsp3) is 0.640. The van der Waals surface area contributed by atoms with E-state index in [9.17, 15) is 4.79 Å². The minimum atomic E-state index is -0.270. The van der Waals surface area contributed by atoms with Crippen molar-refractivity contribution in [3.8, 4) is 0 Å². The van der Waals surface area contributed by atoms with Crippen LogP contribution in [0, 0.1) is 17.3 Å².